The lowest BCUT2D eigenvalue weighted by Gasteiger charge is -2.29. The van der Waals surface area contributed by atoms with Gasteiger partial charge in [-0.15, -0.1) is 0 Å². The van der Waals surface area contributed by atoms with E-state index >= 15 is 0 Å². The molecule has 2 atom stereocenters. The lowest BCUT2D eigenvalue weighted by molar-refractivity contribution is 0.417. The van der Waals surface area contributed by atoms with Crippen molar-refractivity contribution in [3.63, 3.8) is 0 Å². The zero-order valence-electron chi connectivity index (χ0n) is 22.1. The van der Waals surface area contributed by atoms with Crippen LogP contribution in [-0.4, -0.2) is 36.4 Å². The van der Waals surface area contributed by atoms with Gasteiger partial charge in [0.2, 0.25) is 10.0 Å². The second kappa shape index (κ2) is 10.9. The van der Waals surface area contributed by atoms with Crippen LogP contribution in [0.3, 0.4) is 0 Å². The van der Waals surface area contributed by atoms with Crippen LogP contribution in [0.15, 0.2) is 66.9 Å². The molecule has 8 nitrogen and oxygen atoms in total. The number of nitrogens with one attached hydrogen (secondary N) is 2. The van der Waals surface area contributed by atoms with Crippen molar-refractivity contribution in [2.24, 2.45) is 0 Å². The molecule has 0 radical (unpaired) electrons. The summed E-state index contributed by atoms with van der Waals surface area (Å²) in [7, 11) is -2.07. The van der Waals surface area contributed by atoms with E-state index in [0.29, 0.717) is 32.3 Å². The number of hydrogen-bond acceptors (Lipinski definition) is 5. The second-order valence-electron chi connectivity index (χ2n) is 9.51. The molecule has 208 valence electrons. The number of halogens is 2. The summed E-state index contributed by atoms with van der Waals surface area (Å²) >= 11 is 18.7. The molecule has 1 saturated heterocycles. The number of ether oxygens (including phenoxy) is 1. The maximum absolute atomic E-state index is 12.1. The number of methoxy groups -OCH3 is 1. The van der Waals surface area contributed by atoms with Crippen LogP contribution in [0.5, 0.6) is 5.75 Å². The van der Waals surface area contributed by atoms with Crippen molar-refractivity contribution in [3.8, 4) is 11.4 Å². The van der Waals surface area contributed by atoms with Gasteiger partial charge in [0.1, 0.15) is 5.75 Å². The topological polar surface area (TPSA) is 88.5 Å². The first-order valence-electron chi connectivity index (χ1n) is 12.3. The van der Waals surface area contributed by atoms with Crippen LogP contribution >= 0.6 is 35.4 Å². The van der Waals surface area contributed by atoms with Crippen LogP contribution in [-0.2, 0) is 10.0 Å². The SMILES string of the molecule is COc1ccc(N2C(=S)N[C@@H](c3ccccn3)[C@H]2c2cc(C)n(-c3ccc(Cl)cc3Cl)c2C)cc1NS(C)(=O)=O. The maximum Gasteiger partial charge on any atom is 0.229 e. The van der Waals surface area contributed by atoms with E-state index in [2.05, 4.69) is 25.7 Å². The zero-order valence-corrected chi connectivity index (χ0v) is 25.3. The molecule has 5 rings (SSSR count). The molecule has 0 unspecified atom stereocenters. The Morgan fingerprint density at radius 1 is 1.07 bits per heavy atom. The maximum atomic E-state index is 12.1. The first-order valence-corrected chi connectivity index (χ1v) is 15.3. The van der Waals surface area contributed by atoms with Crippen molar-refractivity contribution in [3.05, 3.63) is 99.6 Å². The summed E-state index contributed by atoms with van der Waals surface area (Å²) in [5.74, 6) is 0.389. The number of rotatable bonds is 7. The van der Waals surface area contributed by atoms with Gasteiger partial charge in [0, 0.05) is 28.3 Å². The van der Waals surface area contributed by atoms with Crippen molar-refractivity contribution in [1.82, 2.24) is 14.9 Å². The summed E-state index contributed by atoms with van der Waals surface area (Å²) in [4.78, 5) is 6.61. The Bertz CT molecular complexity index is 1710. The monoisotopic (exact) mass is 615 g/mol. The summed E-state index contributed by atoms with van der Waals surface area (Å²) in [5.41, 5.74) is 5.56. The van der Waals surface area contributed by atoms with Gasteiger partial charge in [0.25, 0.3) is 0 Å². The quantitative estimate of drug-likeness (QED) is 0.234. The predicted octanol–water partition coefficient (Wildman–Crippen LogP) is 6.35. The molecule has 2 N–H and O–H groups in total. The highest BCUT2D eigenvalue weighted by Crippen LogP contribution is 2.45. The largest absolute Gasteiger partial charge is 0.495 e. The lowest BCUT2D eigenvalue weighted by atomic mass is 9.96. The van der Waals surface area contributed by atoms with Gasteiger partial charge in [-0.2, -0.15) is 0 Å². The van der Waals surface area contributed by atoms with Crippen molar-refractivity contribution >= 4 is 61.9 Å². The molecule has 2 aromatic carbocycles. The van der Waals surface area contributed by atoms with E-state index in [1.807, 2.05) is 55.1 Å². The molecular weight excluding hydrogens is 589 g/mol. The first-order chi connectivity index (χ1) is 19.0. The van der Waals surface area contributed by atoms with Crippen LogP contribution in [0.1, 0.15) is 34.7 Å². The molecule has 1 fully saturated rings. The van der Waals surface area contributed by atoms with Crippen LogP contribution in [0.2, 0.25) is 10.0 Å². The number of nitrogens with zero attached hydrogens (tertiary/aromatic N) is 3. The van der Waals surface area contributed by atoms with E-state index in [4.69, 9.17) is 40.2 Å². The molecule has 0 saturated carbocycles. The Balaban J connectivity index is 1.69. The predicted molar refractivity (Wildman–Crippen MR) is 165 cm³/mol. The average molecular weight is 617 g/mol. The van der Waals surface area contributed by atoms with Gasteiger partial charge < -0.3 is 19.5 Å². The van der Waals surface area contributed by atoms with E-state index in [1.165, 1.54) is 7.11 Å². The minimum atomic E-state index is -3.56. The van der Waals surface area contributed by atoms with Crippen LogP contribution in [0, 0.1) is 13.8 Å². The Labute approximate surface area is 248 Å². The van der Waals surface area contributed by atoms with E-state index in [1.54, 1.807) is 24.4 Å². The number of aryl methyl sites for hydroxylation is 1. The zero-order chi connectivity index (χ0) is 28.8. The molecule has 0 bridgehead atoms. The number of benzene rings is 2. The van der Waals surface area contributed by atoms with E-state index in [9.17, 15) is 8.42 Å². The number of aromatic nitrogens is 2. The normalized spacial score (nSPS) is 17.1. The highest BCUT2D eigenvalue weighted by Gasteiger charge is 2.42. The highest BCUT2D eigenvalue weighted by molar-refractivity contribution is 7.92. The third-order valence-electron chi connectivity index (χ3n) is 6.79. The minimum absolute atomic E-state index is 0.295. The highest BCUT2D eigenvalue weighted by atomic mass is 35.5. The third kappa shape index (κ3) is 5.36. The Morgan fingerprint density at radius 2 is 1.85 bits per heavy atom. The van der Waals surface area contributed by atoms with Gasteiger partial charge in [0.15, 0.2) is 5.11 Å². The molecular formula is C28H27Cl2N5O3S2. The fourth-order valence-electron chi connectivity index (χ4n) is 5.19. The van der Waals surface area contributed by atoms with Crippen molar-refractivity contribution in [2.45, 2.75) is 25.9 Å². The second-order valence-corrected chi connectivity index (χ2v) is 12.5. The molecule has 3 heterocycles. The van der Waals surface area contributed by atoms with Crippen molar-refractivity contribution < 1.29 is 13.2 Å². The summed E-state index contributed by atoms with van der Waals surface area (Å²) < 4.78 is 34.3. The molecule has 2 aromatic heterocycles. The summed E-state index contributed by atoms with van der Waals surface area (Å²) in [6, 6.07) is 18.0. The number of hydrogen-bond donors (Lipinski definition) is 2. The summed E-state index contributed by atoms with van der Waals surface area (Å²) in [5, 5.41) is 5.02. The van der Waals surface area contributed by atoms with Crippen molar-refractivity contribution in [2.75, 3.05) is 23.0 Å². The molecule has 0 amide bonds. The Hall–Kier alpha value is -3.31. The molecule has 1 aliphatic heterocycles. The fraction of sp³-hybridized carbons (Fsp3) is 0.214. The van der Waals surface area contributed by atoms with Gasteiger partial charge in [-0.3, -0.25) is 9.71 Å². The first kappa shape index (κ1) is 28.2. The van der Waals surface area contributed by atoms with E-state index in [0.717, 1.165) is 34.6 Å². The van der Waals surface area contributed by atoms with Gasteiger partial charge in [0.05, 0.1) is 47.5 Å². The van der Waals surface area contributed by atoms with Gasteiger partial charge >= 0.3 is 0 Å². The van der Waals surface area contributed by atoms with Crippen LogP contribution in [0.25, 0.3) is 5.69 Å². The Kier molecular flexibility index (Phi) is 7.71. The van der Waals surface area contributed by atoms with Gasteiger partial charge in [-0.25, -0.2) is 8.42 Å². The van der Waals surface area contributed by atoms with Crippen LogP contribution < -0.4 is 19.7 Å². The average Bonchev–Trinajstić information content (AvgIpc) is 3.39. The molecule has 0 aliphatic carbocycles. The third-order valence-corrected chi connectivity index (χ3v) is 8.24. The molecule has 40 heavy (non-hydrogen) atoms. The number of thiocarbonyl (C=S) groups is 1. The molecule has 12 heteroatoms. The minimum Gasteiger partial charge on any atom is -0.495 e. The standard InChI is InChI=1S/C28H27Cl2N5O3S2/c1-16-13-20(17(2)34(16)24-10-8-18(29)14-21(24)30)27-26(22-7-5-6-12-31-22)32-28(39)35(27)19-9-11-25(38-3)23(15-19)33-40(4,36)37/h5-15,26-27,33H,1-4H3,(H,32,39)/t26-,27+/m0/s1. The molecule has 0 spiro atoms. The van der Waals surface area contributed by atoms with Crippen molar-refractivity contribution in [1.29, 1.82) is 0 Å². The van der Waals surface area contributed by atoms with Gasteiger partial charge in [-0.05, 0) is 86.2 Å². The van der Waals surface area contributed by atoms with E-state index < -0.39 is 10.0 Å². The number of anilines is 2. The fourth-order valence-corrected chi connectivity index (χ4v) is 6.59. The summed E-state index contributed by atoms with van der Waals surface area (Å²) in [6.45, 7) is 4.05. The number of sulfonamides is 1. The Morgan fingerprint density at radius 3 is 2.50 bits per heavy atom. The molecule has 1 aliphatic rings. The van der Waals surface area contributed by atoms with E-state index in [-0.39, 0.29) is 12.1 Å². The smallest absolute Gasteiger partial charge is 0.229 e. The number of pyridine rings is 1. The van der Waals surface area contributed by atoms with Crippen LogP contribution in [0.4, 0.5) is 11.4 Å². The lowest BCUT2D eigenvalue weighted by Crippen LogP contribution is -2.29. The van der Waals surface area contributed by atoms with Gasteiger partial charge in [-0.1, -0.05) is 29.3 Å². The summed E-state index contributed by atoms with van der Waals surface area (Å²) in [6.07, 6.45) is 2.84. The molecule has 4 aromatic rings.